The Morgan fingerprint density at radius 1 is 1.24 bits per heavy atom. The molecular formula is C18H21N3O3S. The fraction of sp³-hybridized carbons (Fsp3) is 0.500. The highest BCUT2D eigenvalue weighted by molar-refractivity contribution is 7.99. The van der Waals surface area contributed by atoms with Crippen LogP contribution in [0.2, 0.25) is 0 Å². The van der Waals surface area contributed by atoms with Crippen LogP contribution in [0.25, 0.3) is 0 Å². The summed E-state index contributed by atoms with van der Waals surface area (Å²) in [5, 5.41) is 2.46. The third kappa shape index (κ3) is 2.21. The van der Waals surface area contributed by atoms with E-state index in [-0.39, 0.29) is 18.0 Å². The Kier molecular flexibility index (Phi) is 3.79. The molecule has 6 nitrogen and oxygen atoms in total. The molecule has 0 bridgehead atoms. The van der Waals surface area contributed by atoms with Crippen molar-refractivity contribution in [2.24, 2.45) is 5.41 Å². The lowest BCUT2D eigenvalue weighted by Gasteiger charge is -2.53. The van der Waals surface area contributed by atoms with Crippen molar-refractivity contribution in [2.75, 3.05) is 23.0 Å². The van der Waals surface area contributed by atoms with E-state index in [4.69, 9.17) is 0 Å². The number of barbiturate groups is 1. The number of rotatable bonds is 1. The number of carbonyl (C=O) groups is 3. The summed E-state index contributed by atoms with van der Waals surface area (Å²) >= 11 is 1.76. The highest BCUT2D eigenvalue weighted by Crippen LogP contribution is 2.46. The maximum absolute atomic E-state index is 13.4. The molecule has 3 aliphatic heterocycles. The monoisotopic (exact) mass is 359 g/mol. The van der Waals surface area contributed by atoms with Gasteiger partial charge in [0.2, 0.25) is 11.8 Å². The maximum Gasteiger partial charge on any atom is 0.331 e. The Morgan fingerprint density at radius 3 is 2.76 bits per heavy atom. The number of amides is 4. The van der Waals surface area contributed by atoms with Crippen LogP contribution in [-0.2, 0) is 16.0 Å². The van der Waals surface area contributed by atoms with Gasteiger partial charge in [-0.15, -0.1) is 0 Å². The predicted octanol–water partition coefficient (Wildman–Crippen LogP) is 1.64. The van der Waals surface area contributed by atoms with Gasteiger partial charge in [-0.2, -0.15) is 11.8 Å². The van der Waals surface area contributed by atoms with Crippen LogP contribution in [0, 0.1) is 5.41 Å². The lowest BCUT2D eigenvalue weighted by atomic mass is 9.68. The second-order valence-corrected chi connectivity index (χ2v) is 8.24. The first-order valence-electron chi connectivity index (χ1n) is 8.58. The molecule has 4 rings (SSSR count). The smallest absolute Gasteiger partial charge is 0.331 e. The number of carbonyl (C=O) groups excluding carboxylic acids is 3. The van der Waals surface area contributed by atoms with Crippen LogP contribution >= 0.6 is 11.8 Å². The van der Waals surface area contributed by atoms with Gasteiger partial charge in [-0.1, -0.05) is 18.2 Å². The largest absolute Gasteiger partial charge is 0.365 e. The van der Waals surface area contributed by atoms with E-state index in [0.29, 0.717) is 12.2 Å². The lowest BCUT2D eigenvalue weighted by molar-refractivity contribution is -0.154. The Balaban J connectivity index is 1.88. The number of fused-ring (bicyclic) bond motifs is 4. The van der Waals surface area contributed by atoms with Crippen LogP contribution in [0.4, 0.5) is 10.5 Å². The molecule has 2 atom stereocenters. The van der Waals surface area contributed by atoms with E-state index in [9.17, 15) is 14.4 Å². The summed E-state index contributed by atoms with van der Waals surface area (Å²) < 4.78 is 0. The molecule has 2 fully saturated rings. The van der Waals surface area contributed by atoms with E-state index in [1.54, 1.807) is 25.6 Å². The third-order valence-electron chi connectivity index (χ3n) is 5.43. The summed E-state index contributed by atoms with van der Waals surface area (Å²) in [7, 11) is 0. The van der Waals surface area contributed by atoms with Crippen molar-refractivity contribution in [3.8, 4) is 0 Å². The summed E-state index contributed by atoms with van der Waals surface area (Å²) in [6.45, 7) is 4.39. The van der Waals surface area contributed by atoms with Gasteiger partial charge in [0.25, 0.3) is 0 Å². The van der Waals surface area contributed by atoms with E-state index < -0.39 is 17.4 Å². The zero-order chi connectivity index (χ0) is 17.8. The molecule has 4 amide bonds. The normalized spacial score (nSPS) is 28.9. The number of benzene rings is 1. The average molecular weight is 359 g/mol. The first kappa shape index (κ1) is 16.4. The molecule has 1 aromatic rings. The van der Waals surface area contributed by atoms with Gasteiger partial charge in [-0.3, -0.25) is 19.8 Å². The molecule has 25 heavy (non-hydrogen) atoms. The minimum atomic E-state index is -1.24. The molecule has 7 heteroatoms. The van der Waals surface area contributed by atoms with Crippen LogP contribution in [0.5, 0.6) is 0 Å². The standard InChI is InChI=1S/C18H21N3O3S/c1-11(2)21-16(23)18(15(22)19-17(21)24)9-12-5-3-4-6-13(12)20-7-8-25-10-14(18)20/h3-6,11,14H,7-10H2,1-2H3,(H,19,22,24)/t14-,18+/m1/s1. The molecular weight excluding hydrogens is 338 g/mol. The number of thioether (sulfide) groups is 1. The second-order valence-electron chi connectivity index (χ2n) is 7.09. The predicted molar refractivity (Wildman–Crippen MR) is 96.6 cm³/mol. The highest BCUT2D eigenvalue weighted by Gasteiger charge is 2.62. The first-order chi connectivity index (χ1) is 12.0. The lowest BCUT2D eigenvalue weighted by Crippen LogP contribution is -2.74. The number of hydrogen-bond acceptors (Lipinski definition) is 5. The topological polar surface area (TPSA) is 69.7 Å². The van der Waals surface area contributed by atoms with Crippen LogP contribution < -0.4 is 10.2 Å². The summed E-state index contributed by atoms with van der Waals surface area (Å²) in [6.07, 6.45) is 0.339. The first-order valence-corrected chi connectivity index (χ1v) is 9.73. The summed E-state index contributed by atoms with van der Waals surface area (Å²) in [5.74, 6) is 0.853. The molecule has 0 radical (unpaired) electrons. The third-order valence-corrected chi connectivity index (χ3v) is 6.45. The molecule has 0 aromatic heterocycles. The molecule has 0 aliphatic carbocycles. The van der Waals surface area contributed by atoms with Gasteiger partial charge in [0.05, 0.1) is 6.04 Å². The molecule has 1 spiro atoms. The zero-order valence-corrected chi connectivity index (χ0v) is 15.1. The maximum atomic E-state index is 13.4. The summed E-state index contributed by atoms with van der Waals surface area (Å²) in [4.78, 5) is 42.1. The molecule has 0 saturated carbocycles. The SMILES string of the molecule is CC(C)N1C(=O)NC(=O)[C@@]2(Cc3ccccc3N3CCSC[C@@H]32)C1=O. The van der Waals surface area contributed by atoms with Crippen LogP contribution in [-0.4, -0.2) is 52.9 Å². The Morgan fingerprint density at radius 2 is 2.00 bits per heavy atom. The minimum Gasteiger partial charge on any atom is -0.365 e. The van der Waals surface area contributed by atoms with Gasteiger partial charge in [-0.25, -0.2) is 4.79 Å². The zero-order valence-electron chi connectivity index (χ0n) is 14.3. The second kappa shape index (κ2) is 5.76. The van der Waals surface area contributed by atoms with Crippen LogP contribution in [0.15, 0.2) is 24.3 Å². The number of urea groups is 1. The van der Waals surface area contributed by atoms with Gasteiger partial charge in [0.1, 0.15) is 0 Å². The van der Waals surface area contributed by atoms with Gasteiger partial charge >= 0.3 is 6.03 Å². The highest BCUT2D eigenvalue weighted by atomic mass is 32.2. The molecule has 1 aromatic carbocycles. The molecule has 3 heterocycles. The fourth-order valence-corrected chi connectivity index (χ4v) is 5.43. The molecule has 1 N–H and O–H groups in total. The molecule has 0 unspecified atom stereocenters. The number of nitrogens with zero attached hydrogens (tertiary/aromatic N) is 2. The quantitative estimate of drug-likeness (QED) is 0.772. The number of imide groups is 2. The van der Waals surface area contributed by atoms with Gasteiger partial charge < -0.3 is 4.90 Å². The van der Waals surface area contributed by atoms with Crippen molar-refractivity contribution in [3.05, 3.63) is 29.8 Å². The van der Waals surface area contributed by atoms with Crippen molar-refractivity contribution in [1.29, 1.82) is 0 Å². The molecule has 3 aliphatic rings. The average Bonchev–Trinajstić information content (AvgIpc) is 2.59. The van der Waals surface area contributed by atoms with E-state index in [2.05, 4.69) is 16.3 Å². The van der Waals surface area contributed by atoms with E-state index in [1.165, 1.54) is 4.90 Å². The van der Waals surface area contributed by atoms with Gasteiger partial charge in [0.15, 0.2) is 5.41 Å². The van der Waals surface area contributed by atoms with Crippen molar-refractivity contribution < 1.29 is 14.4 Å². The van der Waals surface area contributed by atoms with E-state index in [1.807, 2.05) is 18.2 Å². The summed E-state index contributed by atoms with van der Waals surface area (Å²) in [5.41, 5.74) is 0.860. The Hall–Kier alpha value is -2.02. The Labute approximate surface area is 150 Å². The van der Waals surface area contributed by atoms with Gasteiger partial charge in [0, 0.05) is 29.8 Å². The van der Waals surface area contributed by atoms with Gasteiger partial charge in [-0.05, 0) is 31.9 Å². The van der Waals surface area contributed by atoms with Crippen molar-refractivity contribution in [2.45, 2.75) is 32.4 Å². The van der Waals surface area contributed by atoms with Crippen LogP contribution in [0.3, 0.4) is 0 Å². The number of para-hydroxylation sites is 1. The number of hydrogen-bond donors (Lipinski definition) is 1. The Bertz CT molecular complexity index is 766. The molecule has 2 saturated heterocycles. The van der Waals surface area contributed by atoms with E-state index in [0.717, 1.165) is 23.5 Å². The van der Waals surface area contributed by atoms with Crippen molar-refractivity contribution >= 4 is 35.3 Å². The van der Waals surface area contributed by atoms with Crippen molar-refractivity contribution in [1.82, 2.24) is 10.2 Å². The summed E-state index contributed by atoms with van der Waals surface area (Å²) in [6, 6.07) is 6.82. The molecule has 132 valence electrons. The minimum absolute atomic E-state index is 0.233. The van der Waals surface area contributed by atoms with Crippen LogP contribution in [0.1, 0.15) is 19.4 Å². The number of nitrogens with one attached hydrogen (secondary N) is 1. The number of anilines is 1. The fourth-order valence-electron chi connectivity index (χ4n) is 4.25. The van der Waals surface area contributed by atoms with E-state index >= 15 is 0 Å². The van der Waals surface area contributed by atoms with Crippen molar-refractivity contribution in [3.63, 3.8) is 0 Å².